The van der Waals surface area contributed by atoms with Crippen molar-refractivity contribution in [2.24, 2.45) is 4.99 Å². The number of nitrogens with zero attached hydrogens (tertiary/aromatic N) is 2. The van der Waals surface area contributed by atoms with Gasteiger partial charge in [-0.05, 0) is 17.0 Å². The molecule has 0 N–H and O–H groups in total. The molecule has 15 heavy (non-hydrogen) atoms. The van der Waals surface area contributed by atoms with Crippen molar-refractivity contribution in [1.29, 1.82) is 0 Å². The lowest BCUT2D eigenvalue weighted by Crippen LogP contribution is -2.11. The zero-order valence-electron chi connectivity index (χ0n) is 9.37. The maximum Gasteiger partial charge on any atom is 0.240 e. The predicted molar refractivity (Wildman–Crippen MR) is 57.3 cm³/mol. The summed E-state index contributed by atoms with van der Waals surface area (Å²) in [5.41, 5.74) is 1.38. The second kappa shape index (κ2) is 4.24. The van der Waals surface area contributed by atoms with Crippen LogP contribution in [0.2, 0.25) is 0 Å². The Morgan fingerprint density at radius 1 is 1.47 bits per heavy atom. The molecular weight excluding hydrogens is 192 g/mol. The first kappa shape index (κ1) is 11.4. The van der Waals surface area contributed by atoms with Crippen molar-refractivity contribution in [3.63, 3.8) is 0 Å². The van der Waals surface area contributed by atoms with Crippen LogP contribution in [0.1, 0.15) is 26.3 Å². The lowest BCUT2D eigenvalue weighted by Gasteiger charge is -2.18. The summed E-state index contributed by atoms with van der Waals surface area (Å²) in [7, 11) is 1.49. The molecule has 0 aliphatic carbocycles. The van der Waals surface area contributed by atoms with Crippen LogP contribution < -0.4 is 4.74 Å². The van der Waals surface area contributed by atoms with Gasteiger partial charge in [0.25, 0.3) is 0 Å². The van der Waals surface area contributed by atoms with E-state index >= 15 is 0 Å². The number of carbonyl (C=O) groups excluding carboxylic acids is 1. The average Bonchev–Trinajstić information content (AvgIpc) is 2.17. The standard InChI is InChI=1S/C11H14N2O2/c1-11(2,3)8-5-9(13-7-14)10(15-4)12-6-8/h5-6H,1-4H3. The lowest BCUT2D eigenvalue weighted by molar-refractivity contribution is 0.398. The van der Waals surface area contributed by atoms with E-state index in [9.17, 15) is 4.79 Å². The van der Waals surface area contributed by atoms with Crippen LogP contribution in [0, 0.1) is 0 Å². The number of hydrogen-bond acceptors (Lipinski definition) is 4. The van der Waals surface area contributed by atoms with E-state index < -0.39 is 0 Å². The smallest absolute Gasteiger partial charge is 0.240 e. The summed E-state index contributed by atoms with van der Waals surface area (Å²) >= 11 is 0. The molecule has 4 nitrogen and oxygen atoms in total. The number of aliphatic imine (C=N–C) groups is 1. The minimum Gasteiger partial charge on any atom is -0.479 e. The fourth-order valence-electron chi connectivity index (χ4n) is 1.14. The molecule has 80 valence electrons. The molecule has 1 aromatic rings. The SMILES string of the molecule is COc1ncc(C(C)(C)C)cc1N=C=O. The summed E-state index contributed by atoms with van der Waals surface area (Å²) in [6, 6.07) is 1.79. The molecule has 0 aliphatic heterocycles. The van der Waals surface area contributed by atoms with Gasteiger partial charge in [-0.15, -0.1) is 0 Å². The molecule has 0 aliphatic rings. The molecule has 0 fully saturated rings. The Hall–Kier alpha value is -1.67. The molecule has 1 heterocycles. The lowest BCUT2D eigenvalue weighted by atomic mass is 9.88. The minimum atomic E-state index is -0.0353. The van der Waals surface area contributed by atoms with E-state index in [1.54, 1.807) is 12.3 Å². The van der Waals surface area contributed by atoms with E-state index in [0.717, 1.165) is 5.56 Å². The Bertz CT molecular complexity index is 402. The Morgan fingerprint density at radius 2 is 2.13 bits per heavy atom. The summed E-state index contributed by atoms with van der Waals surface area (Å²) in [5, 5.41) is 0. The van der Waals surface area contributed by atoms with E-state index in [0.29, 0.717) is 11.6 Å². The van der Waals surface area contributed by atoms with Gasteiger partial charge in [0.05, 0.1) is 7.11 Å². The monoisotopic (exact) mass is 206 g/mol. The Balaban J connectivity index is 3.28. The summed E-state index contributed by atoms with van der Waals surface area (Å²) < 4.78 is 4.98. The third-order valence-electron chi connectivity index (χ3n) is 2.06. The summed E-state index contributed by atoms with van der Waals surface area (Å²) in [4.78, 5) is 17.9. The molecule has 0 saturated carbocycles. The van der Waals surface area contributed by atoms with Crippen LogP contribution in [0.5, 0.6) is 5.88 Å². The number of ether oxygens (including phenoxy) is 1. The van der Waals surface area contributed by atoms with Crippen molar-refractivity contribution >= 4 is 11.8 Å². The fraction of sp³-hybridized carbons (Fsp3) is 0.455. The number of methoxy groups -OCH3 is 1. The van der Waals surface area contributed by atoms with E-state index in [1.807, 2.05) is 0 Å². The van der Waals surface area contributed by atoms with Gasteiger partial charge in [-0.3, -0.25) is 0 Å². The topological polar surface area (TPSA) is 51.6 Å². The van der Waals surface area contributed by atoms with Crippen LogP contribution in [0.15, 0.2) is 17.3 Å². The summed E-state index contributed by atoms with van der Waals surface area (Å²) in [6.07, 6.45) is 3.22. The molecule has 4 heteroatoms. The predicted octanol–water partition coefficient (Wildman–Crippen LogP) is 2.36. The van der Waals surface area contributed by atoms with Gasteiger partial charge in [-0.25, -0.2) is 9.78 Å². The highest BCUT2D eigenvalue weighted by molar-refractivity contribution is 5.56. The van der Waals surface area contributed by atoms with Gasteiger partial charge in [0.1, 0.15) is 5.69 Å². The van der Waals surface area contributed by atoms with Crippen LogP contribution in [0.4, 0.5) is 5.69 Å². The molecule has 1 aromatic heterocycles. The van der Waals surface area contributed by atoms with E-state index in [2.05, 4.69) is 30.7 Å². The summed E-state index contributed by atoms with van der Waals surface area (Å²) in [6.45, 7) is 6.18. The van der Waals surface area contributed by atoms with E-state index in [4.69, 9.17) is 4.74 Å². The van der Waals surface area contributed by atoms with Crippen LogP contribution in [0.3, 0.4) is 0 Å². The molecule has 0 amide bonds. The molecule has 1 rings (SSSR count). The second-order valence-corrected chi connectivity index (χ2v) is 4.21. The molecule has 0 radical (unpaired) electrons. The van der Waals surface area contributed by atoms with Gasteiger partial charge in [-0.1, -0.05) is 20.8 Å². The molecule has 0 unspecified atom stereocenters. The molecule has 0 spiro atoms. The van der Waals surface area contributed by atoms with Crippen LogP contribution in [0.25, 0.3) is 0 Å². The van der Waals surface area contributed by atoms with Gasteiger partial charge in [0, 0.05) is 6.20 Å². The van der Waals surface area contributed by atoms with E-state index in [1.165, 1.54) is 13.2 Å². The largest absolute Gasteiger partial charge is 0.479 e. The van der Waals surface area contributed by atoms with Crippen LogP contribution >= 0.6 is 0 Å². The fourth-order valence-corrected chi connectivity index (χ4v) is 1.14. The highest BCUT2D eigenvalue weighted by Gasteiger charge is 2.16. The van der Waals surface area contributed by atoms with Gasteiger partial charge >= 0.3 is 0 Å². The quantitative estimate of drug-likeness (QED) is 0.551. The molecule has 0 aromatic carbocycles. The van der Waals surface area contributed by atoms with Crippen LogP contribution in [-0.2, 0) is 10.2 Å². The second-order valence-electron chi connectivity index (χ2n) is 4.21. The van der Waals surface area contributed by atoms with Crippen molar-refractivity contribution < 1.29 is 9.53 Å². The van der Waals surface area contributed by atoms with Crippen molar-refractivity contribution in [2.75, 3.05) is 7.11 Å². The molecular formula is C11H14N2O2. The average molecular weight is 206 g/mol. The Kier molecular flexibility index (Phi) is 3.22. The van der Waals surface area contributed by atoms with Gasteiger partial charge < -0.3 is 4.74 Å². The molecule has 0 bridgehead atoms. The number of pyridine rings is 1. The Morgan fingerprint density at radius 3 is 2.60 bits per heavy atom. The minimum absolute atomic E-state index is 0.0353. The van der Waals surface area contributed by atoms with Crippen molar-refractivity contribution in [3.8, 4) is 5.88 Å². The van der Waals surface area contributed by atoms with Gasteiger partial charge in [0.2, 0.25) is 12.0 Å². The summed E-state index contributed by atoms with van der Waals surface area (Å²) in [5.74, 6) is 0.339. The number of hydrogen-bond donors (Lipinski definition) is 0. The normalized spacial score (nSPS) is 10.7. The van der Waals surface area contributed by atoms with Gasteiger partial charge in [-0.2, -0.15) is 4.99 Å². The first-order valence-electron chi connectivity index (χ1n) is 4.61. The number of isocyanates is 1. The maximum atomic E-state index is 10.2. The van der Waals surface area contributed by atoms with Crippen molar-refractivity contribution in [1.82, 2.24) is 4.98 Å². The number of rotatable bonds is 2. The highest BCUT2D eigenvalue weighted by Crippen LogP contribution is 2.30. The van der Waals surface area contributed by atoms with E-state index in [-0.39, 0.29) is 5.41 Å². The first-order chi connectivity index (χ1) is 6.99. The highest BCUT2D eigenvalue weighted by atomic mass is 16.5. The van der Waals surface area contributed by atoms with Gasteiger partial charge in [0.15, 0.2) is 0 Å². The third-order valence-corrected chi connectivity index (χ3v) is 2.06. The van der Waals surface area contributed by atoms with Crippen LogP contribution in [-0.4, -0.2) is 18.2 Å². The zero-order chi connectivity index (χ0) is 11.5. The van der Waals surface area contributed by atoms with Crippen molar-refractivity contribution in [3.05, 3.63) is 17.8 Å². The zero-order valence-corrected chi connectivity index (χ0v) is 9.37. The number of aromatic nitrogens is 1. The molecule has 0 saturated heterocycles. The third kappa shape index (κ3) is 2.64. The maximum absolute atomic E-state index is 10.2. The van der Waals surface area contributed by atoms with Crippen molar-refractivity contribution in [2.45, 2.75) is 26.2 Å². The molecule has 0 atom stereocenters. The Labute approximate surface area is 89.0 Å². The first-order valence-corrected chi connectivity index (χ1v) is 4.61.